The Bertz CT molecular complexity index is 569. The Labute approximate surface area is 107 Å². The van der Waals surface area contributed by atoms with Crippen LogP contribution in [0.15, 0.2) is 24.3 Å². The van der Waals surface area contributed by atoms with Gasteiger partial charge in [-0.05, 0) is 29.8 Å². The number of rotatable bonds is 1. The van der Waals surface area contributed by atoms with E-state index in [1.54, 1.807) is 6.07 Å². The predicted molar refractivity (Wildman–Crippen MR) is 63.6 cm³/mol. The van der Waals surface area contributed by atoms with Gasteiger partial charge in [0.25, 0.3) is 0 Å². The molecule has 0 saturated carbocycles. The van der Waals surface area contributed by atoms with Crippen LogP contribution in [-0.4, -0.2) is 16.8 Å². The fourth-order valence-electron chi connectivity index (χ4n) is 1.59. The van der Waals surface area contributed by atoms with E-state index in [4.69, 9.17) is 32.7 Å². The van der Waals surface area contributed by atoms with Crippen molar-refractivity contribution in [3.8, 4) is 22.8 Å². The maximum absolute atomic E-state index is 5.83. The zero-order valence-corrected chi connectivity index (χ0v) is 10.00. The van der Waals surface area contributed by atoms with Gasteiger partial charge in [-0.1, -0.05) is 11.6 Å². The summed E-state index contributed by atoms with van der Waals surface area (Å²) in [5.41, 5.74) is 1.49. The van der Waals surface area contributed by atoms with E-state index in [9.17, 15) is 0 Å². The molecule has 6 heteroatoms. The Morgan fingerprint density at radius 2 is 1.82 bits per heavy atom. The number of hydrogen-bond acceptors (Lipinski definition) is 4. The molecular weight excluding hydrogens is 263 g/mol. The van der Waals surface area contributed by atoms with Crippen LogP contribution in [0.5, 0.6) is 11.5 Å². The highest BCUT2D eigenvalue weighted by Gasteiger charge is 2.14. The van der Waals surface area contributed by atoms with E-state index in [2.05, 4.69) is 9.97 Å². The van der Waals surface area contributed by atoms with Crippen molar-refractivity contribution in [2.45, 2.75) is 0 Å². The summed E-state index contributed by atoms with van der Waals surface area (Å²) in [6.07, 6.45) is 0. The molecule has 2 aromatic rings. The molecule has 1 aliphatic rings. The monoisotopic (exact) mass is 268 g/mol. The van der Waals surface area contributed by atoms with Crippen LogP contribution in [0.3, 0.4) is 0 Å². The zero-order chi connectivity index (χ0) is 11.8. The number of ether oxygens (including phenoxy) is 2. The van der Waals surface area contributed by atoms with E-state index in [1.165, 1.54) is 0 Å². The lowest BCUT2D eigenvalue weighted by Gasteiger charge is -2.03. The van der Waals surface area contributed by atoms with Crippen molar-refractivity contribution in [3.05, 3.63) is 34.7 Å². The molecule has 0 saturated heterocycles. The highest BCUT2D eigenvalue weighted by Crippen LogP contribution is 2.35. The highest BCUT2D eigenvalue weighted by atomic mass is 35.5. The van der Waals surface area contributed by atoms with Crippen LogP contribution in [0.4, 0.5) is 0 Å². The van der Waals surface area contributed by atoms with Gasteiger partial charge < -0.3 is 9.47 Å². The molecular formula is C11H6Cl2N2O2. The van der Waals surface area contributed by atoms with E-state index >= 15 is 0 Å². The number of fused-ring (bicyclic) bond motifs is 1. The molecule has 4 nitrogen and oxygen atoms in total. The average Bonchev–Trinajstić information content (AvgIpc) is 2.74. The zero-order valence-electron chi connectivity index (χ0n) is 8.48. The molecule has 0 fully saturated rings. The summed E-state index contributed by atoms with van der Waals surface area (Å²) in [7, 11) is 0. The molecule has 0 N–H and O–H groups in total. The minimum atomic E-state index is 0.116. The smallest absolute Gasteiger partial charge is 0.231 e. The molecule has 0 amide bonds. The molecule has 0 aliphatic carbocycles. The minimum absolute atomic E-state index is 0.116. The predicted octanol–water partition coefficient (Wildman–Crippen LogP) is 3.18. The van der Waals surface area contributed by atoms with Crippen molar-refractivity contribution in [2.75, 3.05) is 6.79 Å². The summed E-state index contributed by atoms with van der Waals surface area (Å²) in [4.78, 5) is 7.90. The third kappa shape index (κ3) is 2.01. The second-order valence-corrected chi connectivity index (χ2v) is 4.14. The number of nitrogens with zero attached hydrogens (tertiary/aromatic N) is 2. The summed E-state index contributed by atoms with van der Waals surface area (Å²) < 4.78 is 10.5. The van der Waals surface area contributed by atoms with Gasteiger partial charge >= 0.3 is 0 Å². The van der Waals surface area contributed by atoms with Gasteiger partial charge in [0.15, 0.2) is 11.5 Å². The van der Waals surface area contributed by atoms with Gasteiger partial charge in [-0.25, -0.2) is 9.97 Å². The molecule has 0 atom stereocenters. The summed E-state index contributed by atoms with van der Waals surface area (Å²) in [5, 5.41) is 0.419. The van der Waals surface area contributed by atoms with Crippen molar-refractivity contribution >= 4 is 23.2 Å². The number of benzene rings is 1. The standard InChI is InChI=1S/C11H6Cl2N2O2/c12-10-4-7(14-11(13)15-10)6-1-2-8-9(3-6)17-5-16-8/h1-4H,5H2. The summed E-state index contributed by atoms with van der Waals surface area (Å²) in [5.74, 6) is 1.41. The minimum Gasteiger partial charge on any atom is -0.454 e. The normalized spacial score (nSPS) is 12.8. The SMILES string of the molecule is Clc1cc(-c2ccc3c(c2)OCO3)nc(Cl)n1. The first kappa shape index (κ1) is 10.6. The molecule has 1 aromatic heterocycles. The molecule has 0 unspecified atom stereocenters. The van der Waals surface area contributed by atoms with Crippen molar-refractivity contribution in [1.29, 1.82) is 0 Å². The fourth-order valence-corrected chi connectivity index (χ4v) is 2.00. The van der Waals surface area contributed by atoms with E-state index in [-0.39, 0.29) is 12.1 Å². The van der Waals surface area contributed by atoms with Crippen LogP contribution < -0.4 is 9.47 Å². The molecule has 0 bridgehead atoms. The van der Waals surface area contributed by atoms with E-state index in [0.29, 0.717) is 16.6 Å². The Hall–Kier alpha value is -1.52. The quantitative estimate of drug-likeness (QED) is 0.589. The molecule has 0 radical (unpaired) electrons. The number of aromatic nitrogens is 2. The second-order valence-electron chi connectivity index (χ2n) is 3.41. The van der Waals surface area contributed by atoms with E-state index in [0.717, 1.165) is 11.3 Å². The third-order valence-electron chi connectivity index (χ3n) is 2.34. The lowest BCUT2D eigenvalue weighted by molar-refractivity contribution is 0.174. The van der Waals surface area contributed by atoms with Crippen LogP contribution in [0.2, 0.25) is 10.4 Å². The van der Waals surface area contributed by atoms with Crippen molar-refractivity contribution in [2.24, 2.45) is 0 Å². The summed E-state index contributed by atoms with van der Waals surface area (Å²) in [6, 6.07) is 7.16. The third-order valence-corrected chi connectivity index (χ3v) is 2.70. The Morgan fingerprint density at radius 3 is 2.65 bits per heavy atom. The molecule has 2 heterocycles. The molecule has 1 aliphatic heterocycles. The maximum Gasteiger partial charge on any atom is 0.231 e. The van der Waals surface area contributed by atoms with E-state index in [1.807, 2.05) is 18.2 Å². The fraction of sp³-hybridized carbons (Fsp3) is 0.0909. The number of hydrogen-bond donors (Lipinski definition) is 0. The second kappa shape index (κ2) is 4.05. The Morgan fingerprint density at radius 1 is 1.00 bits per heavy atom. The van der Waals surface area contributed by atoms with Crippen LogP contribution in [0.25, 0.3) is 11.3 Å². The van der Waals surface area contributed by atoms with Gasteiger partial charge in [0.05, 0.1) is 5.69 Å². The Kier molecular flexibility index (Phi) is 2.53. The van der Waals surface area contributed by atoms with Gasteiger partial charge in [0, 0.05) is 11.6 Å². The van der Waals surface area contributed by atoms with Crippen LogP contribution in [0.1, 0.15) is 0 Å². The van der Waals surface area contributed by atoms with Crippen molar-refractivity contribution < 1.29 is 9.47 Å². The molecule has 0 spiro atoms. The van der Waals surface area contributed by atoms with Gasteiger partial charge in [0.1, 0.15) is 5.15 Å². The lowest BCUT2D eigenvalue weighted by Crippen LogP contribution is -1.92. The number of halogens is 2. The molecule has 86 valence electrons. The van der Waals surface area contributed by atoms with E-state index < -0.39 is 0 Å². The van der Waals surface area contributed by atoms with Crippen LogP contribution >= 0.6 is 23.2 Å². The van der Waals surface area contributed by atoms with Gasteiger partial charge in [-0.2, -0.15) is 0 Å². The maximum atomic E-state index is 5.83. The molecule has 1 aromatic carbocycles. The summed E-state index contributed by atoms with van der Waals surface area (Å²) in [6.45, 7) is 0.240. The first-order valence-electron chi connectivity index (χ1n) is 4.82. The topological polar surface area (TPSA) is 44.2 Å². The molecule has 17 heavy (non-hydrogen) atoms. The van der Waals surface area contributed by atoms with Crippen LogP contribution in [-0.2, 0) is 0 Å². The summed E-state index contributed by atoms with van der Waals surface area (Å²) >= 11 is 11.6. The Balaban J connectivity index is 2.09. The van der Waals surface area contributed by atoms with Crippen LogP contribution in [0, 0.1) is 0 Å². The first-order chi connectivity index (χ1) is 8.22. The van der Waals surface area contributed by atoms with Gasteiger partial charge in [-0.15, -0.1) is 0 Å². The average molecular weight is 269 g/mol. The van der Waals surface area contributed by atoms with Gasteiger partial charge in [-0.3, -0.25) is 0 Å². The van der Waals surface area contributed by atoms with Gasteiger partial charge in [0.2, 0.25) is 12.1 Å². The largest absolute Gasteiger partial charge is 0.454 e. The lowest BCUT2D eigenvalue weighted by atomic mass is 10.1. The van der Waals surface area contributed by atoms with Crippen molar-refractivity contribution in [3.63, 3.8) is 0 Å². The first-order valence-corrected chi connectivity index (χ1v) is 5.58. The van der Waals surface area contributed by atoms with Crippen molar-refractivity contribution in [1.82, 2.24) is 9.97 Å². The molecule has 3 rings (SSSR count). The highest BCUT2D eigenvalue weighted by molar-refractivity contribution is 6.32.